The van der Waals surface area contributed by atoms with E-state index >= 15 is 0 Å². The summed E-state index contributed by atoms with van der Waals surface area (Å²) in [6.45, 7) is 0. The topological polar surface area (TPSA) is 25.8 Å². The first-order chi connectivity index (χ1) is 6.75. The van der Waals surface area contributed by atoms with Crippen LogP contribution in [0.1, 0.15) is 30.7 Å². The predicted octanol–water partition coefficient (Wildman–Crippen LogP) is 3.53. The van der Waals surface area contributed by atoms with E-state index in [1.807, 2.05) is 11.8 Å². The second kappa shape index (κ2) is 3.26. The van der Waals surface area contributed by atoms with Gasteiger partial charge in [-0.25, -0.2) is 9.97 Å². The zero-order chi connectivity index (χ0) is 9.71. The van der Waals surface area contributed by atoms with Gasteiger partial charge in [0.1, 0.15) is 10.2 Å². The van der Waals surface area contributed by atoms with Gasteiger partial charge in [0, 0.05) is 16.7 Å². The number of aromatic nitrogens is 2. The van der Waals surface area contributed by atoms with Crippen LogP contribution in [0.3, 0.4) is 0 Å². The molecule has 1 fully saturated rings. The molecule has 1 aliphatic carbocycles. The van der Waals surface area contributed by atoms with Crippen LogP contribution in [0.2, 0.25) is 10.4 Å². The van der Waals surface area contributed by atoms with Crippen LogP contribution in [0.25, 0.3) is 0 Å². The standard InChI is InChI=1S/C9H8Cl2N2S/c10-7-6-4-2-1-3-5(4)14-8(6)13-9(11)12-7/h4-5H,1-3H2. The molecule has 0 N–H and O–H groups in total. The normalized spacial score (nSPS) is 29.0. The van der Waals surface area contributed by atoms with Crippen molar-refractivity contribution in [1.82, 2.24) is 9.97 Å². The fourth-order valence-corrected chi connectivity index (χ4v) is 4.49. The van der Waals surface area contributed by atoms with Gasteiger partial charge in [-0.2, -0.15) is 0 Å². The summed E-state index contributed by atoms with van der Waals surface area (Å²) >= 11 is 13.7. The zero-order valence-electron chi connectivity index (χ0n) is 7.33. The second-order valence-electron chi connectivity index (χ2n) is 3.70. The van der Waals surface area contributed by atoms with E-state index in [1.54, 1.807) is 0 Å². The molecular weight excluding hydrogens is 239 g/mol. The van der Waals surface area contributed by atoms with E-state index in [1.165, 1.54) is 19.3 Å². The number of hydrogen-bond donors (Lipinski definition) is 0. The first kappa shape index (κ1) is 9.25. The van der Waals surface area contributed by atoms with Crippen molar-refractivity contribution in [2.45, 2.75) is 35.5 Å². The molecule has 0 amide bonds. The summed E-state index contributed by atoms with van der Waals surface area (Å²) in [6.07, 6.45) is 3.77. The average molecular weight is 247 g/mol. The second-order valence-corrected chi connectivity index (χ2v) is 5.62. The van der Waals surface area contributed by atoms with E-state index in [9.17, 15) is 0 Å². The Hall–Kier alpha value is 0.01000. The Kier molecular flexibility index (Phi) is 2.15. The molecule has 2 unspecified atom stereocenters. The minimum absolute atomic E-state index is 0.265. The molecule has 1 saturated carbocycles. The Morgan fingerprint density at radius 1 is 1.21 bits per heavy atom. The third kappa shape index (κ3) is 1.26. The van der Waals surface area contributed by atoms with Gasteiger partial charge in [-0.05, 0) is 24.4 Å². The Labute approximate surface area is 96.4 Å². The molecule has 74 valence electrons. The van der Waals surface area contributed by atoms with Crippen molar-refractivity contribution in [3.05, 3.63) is 16.0 Å². The lowest BCUT2D eigenvalue weighted by Crippen LogP contribution is -2.01. The zero-order valence-corrected chi connectivity index (χ0v) is 9.66. The fourth-order valence-electron chi connectivity index (χ4n) is 2.34. The monoisotopic (exact) mass is 246 g/mol. The van der Waals surface area contributed by atoms with Crippen molar-refractivity contribution in [2.24, 2.45) is 0 Å². The van der Waals surface area contributed by atoms with E-state index in [4.69, 9.17) is 23.2 Å². The van der Waals surface area contributed by atoms with E-state index in [0.717, 1.165) is 10.6 Å². The highest BCUT2D eigenvalue weighted by Gasteiger charge is 2.40. The molecule has 1 aliphatic heterocycles. The lowest BCUT2D eigenvalue weighted by molar-refractivity contribution is 0.727. The summed E-state index contributed by atoms with van der Waals surface area (Å²) < 4.78 is 0. The molecular formula is C9H8Cl2N2S. The highest BCUT2D eigenvalue weighted by atomic mass is 35.5. The summed E-state index contributed by atoms with van der Waals surface area (Å²) in [4.78, 5) is 8.24. The Bertz CT molecular complexity index is 397. The van der Waals surface area contributed by atoms with Crippen molar-refractivity contribution < 1.29 is 0 Å². The Balaban J connectivity index is 2.14. The highest BCUT2D eigenvalue weighted by molar-refractivity contribution is 8.00. The first-order valence-corrected chi connectivity index (χ1v) is 6.29. The van der Waals surface area contributed by atoms with Crippen LogP contribution >= 0.6 is 35.0 Å². The first-order valence-electron chi connectivity index (χ1n) is 4.65. The number of hydrogen-bond acceptors (Lipinski definition) is 3. The van der Waals surface area contributed by atoms with Crippen LogP contribution in [0.15, 0.2) is 5.03 Å². The number of nitrogens with zero attached hydrogens (tertiary/aromatic N) is 2. The van der Waals surface area contributed by atoms with Crippen molar-refractivity contribution in [1.29, 1.82) is 0 Å². The van der Waals surface area contributed by atoms with E-state index in [0.29, 0.717) is 16.3 Å². The number of thioether (sulfide) groups is 1. The quantitative estimate of drug-likeness (QED) is 0.518. The third-order valence-electron chi connectivity index (χ3n) is 2.92. The maximum Gasteiger partial charge on any atom is 0.224 e. The Morgan fingerprint density at radius 3 is 2.93 bits per heavy atom. The van der Waals surface area contributed by atoms with Gasteiger partial charge in [-0.15, -0.1) is 11.8 Å². The van der Waals surface area contributed by atoms with E-state index < -0.39 is 0 Å². The van der Waals surface area contributed by atoms with Crippen molar-refractivity contribution >= 4 is 35.0 Å². The molecule has 1 aromatic rings. The predicted molar refractivity (Wildman–Crippen MR) is 58.3 cm³/mol. The minimum atomic E-state index is 0.265. The molecule has 0 aromatic carbocycles. The average Bonchev–Trinajstić information content (AvgIpc) is 2.60. The van der Waals surface area contributed by atoms with Gasteiger partial charge in [0.25, 0.3) is 0 Å². The van der Waals surface area contributed by atoms with Crippen molar-refractivity contribution in [3.8, 4) is 0 Å². The van der Waals surface area contributed by atoms with Crippen LogP contribution in [0, 0.1) is 0 Å². The van der Waals surface area contributed by atoms with Gasteiger partial charge in [-0.3, -0.25) is 0 Å². The van der Waals surface area contributed by atoms with Gasteiger partial charge in [0.05, 0.1) is 0 Å². The van der Waals surface area contributed by atoms with Gasteiger partial charge in [-0.1, -0.05) is 18.0 Å². The minimum Gasteiger partial charge on any atom is -0.211 e. The van der Waals surface area contributed by atoms with Crippen LogP contribution in [0.5, 0.6) is 0 Å². The largest absolute Gasteiger partial charge is 0.224 e. The van der Waals surface area contributed by atoms with Crippen LogP contribution < -0.4 is 0 Å². The van der Waals surface area contributed by atoms with Gasteiger partial charge in [0.2, 0.25) is 5.28 Å². The molecule has 2 nitrogen and oxygen atoms in total. The lowest BCUT2D eigenvalue weighted by Gasteiger charge is -2.08. The van der Waals surface area contributed by atoms with Crippen molar-refractivity contribution in [2.75, 3.05) is 0 Å². The SMILES string of the molecule is Clc1nc(Cl)c2c(n1)SC1CCCC21. The molecule has 0 bridgehead atoms. The van der Waals surface area contributed by atoms with E-state index in [2.05, 4.69) is 9.97 Å². The van der Waals surface area contributed by atoms with Crippen LogP contribution in [-0.4, -0.2) is 15.2 Å². The van der Waals surface area contributed by atoms with Gasteiger partial charge >= 0.3 is 0 Å². The summed E-state index contributed by atoms with van der Waals surface area (Å²) in [6, 6.07) is 0. The fraction of sp³-hybridized carbons (Fsp3) is 0.556. The summed E-state index contributed by atoms with van der Waals surface area (Å²) in [5.41, 5.74) is 1.14. The molecule has 0 radical (unpaired) electrons. The molecule has 0 spiro atoms. The van der Waals surface area contributed by atoms with Crippen LogP contribution in [0.4, 0.5) is 0 Å². The highest BCUT2D eigenvalue weighted by Crippen LogP contribution is 2.54. The lowest BCUT2D eigenvalue weighted by atomic mass is 10.0. The molecule has 0 saturated heterocycles. The maximum atomic E-state index is 6.09. The van der Waals surface area contributed by atoms with Gasteiger partial charge < -0.3 is 0 Å². The summed E-state index contributed by atoms with van der Waals surface area (Å²) in [5, 5.41) is 2.49. The molecule has 5 heteroatoms. The third-order valence-corrected chi connectivity index (χ3v) is 4.78. The maximum absolute atomic E-state index is 6.09. The molecule has 2 heterocycles. The van der Waals surface area contributed by atoms with Gasteiger partial charge in [0.15, 0.2) is 0 Å². The molecule has 2 atom stereocenters. The summed E-state index contributed by atoms with van der Waals surface area (Å²) in [7, 11) is 0. The number of halogens is 2. The van der Waals surface area contributed by atoms with E-state index in [-0.39, 0.29) is 5.28 Å². The number of fused-ring (bicyclic) bond motifs is 3. The molecule has 14 heavy (non-hydrogen) atoms. The summed E-state index contributed by atoms with van der Waals surface area (Å²) in [5.74, 6) is 0.569. The molecule has 3 rings (SSSR count). The molecule has 2 aliphatic rings. The van der Waals surface area contributed by atoms with Crippen LogP contribution in [-0.2, 0) is 0 Å². The number of rotatable bonds is 0. The van der Waals surface area contributed by atoms with Crippen molar-refractivity contribution in [3.63, 3.8) is 0 Å². The molecule has 1 aromatic heterocycles. The smallest absolute Gasteiger partial charge is 0.211 e. The Morgan fingerprint density at radius 2 is 2.07 bits per heavy atom.